The molecule has 11 nitrogen and oxygen atoms in total. The van der Waals surface area contributed by atoms with Crippen LogP contribution in [0.5, 0.6) is 11.5 Å². The molecule has 12 heteroatoms. The maximum atomic E-state index is 13.7. The van der Waals surface area contributed by atoms with E-state index in [1.165, 1.54) is 29.2 Å². The van der Waals surface area contributed by atoms with Gasteiger partial charge in [-0.3, -0.25) is 9.52 Å². The van der Waals surface area contributed by atoms with Crippen molar-refractivity contribution in [2.24, 2.45) is 5.92 Å². The second-order valence-corrected chi connectivity index (χ2v) is 12.0. The second kappa shape index (κ2) is 13.1. The van der Waals surface area contributed by atoms with Crippen molar-refractivity contribution in [3.63, 3.8) is 0 Å². The largest absolute Gasteiger partial charge is 0.497 e. The van der Waals surface area contributed by atoms with E-state index in [0.717, 1.165) is 0 Å². The number of sulfonamides is 1. The van der Waals surface area contributed by atoms with E-state index < -0.39 is 28.1 Å². The summed E-state index contributed by atoms with van der Waals surface area (Å²) in [5, 5.41) is 12.7. The molecule has 0 spiro atoms. The molecule has 0 aliphatic carbocycles. The lowest BCUT2D eigenvalue weighted by Gasteiger charge is -2.38. The summed E-state index contributed by atoms with van der Waals surface area (Å²) >= 11 is 0. The van der Waals surface area contributed by atoms with Crippen molar-refractivity contribution < 1.29 is 32.6 Å². The topological polar surface area (TPSA) is 138 Å². The molecule has 0 radical (unpaired) electrons. The summed E-state index contributed by atoms with van der Waals surface area (Å²) in [5.41, 5.74) is 0.932. The van der Waals surface area contributed by atoms with E-state index in [-0.39, 0.29) is 53.5 Å². The number of hydrogen-bond acceptors (Lipinski definition) is 7. The number of rotatable bonds is 9. The van der Waals surface area contributed by atoms with Gasteiger partial charge in [0.25, 0.3) is 15.9 Å². The number of hydrogen-bond donors (Lipinski definition) is 3. The van der Waals surface area contributed by atoms with Gasteiger partial charge in [0, 0.05) is 30.9 Å². The van der Waals surface area contributed by atoms with Crippen molar-refractivity contribution in [1.29, 1.82) is 0 Å². The number of nitrogens with one attached hydrogen (secondary N) is 2. The Morgan fingerprint density at radius 1 is 1.12 bits per heavy atom. The molecule has 1 heterocycles. The minimum atomic E-state index is -3.90. The zero-order valence-electron chi connectivity index (χ0n) is 24.0. The van der Waals surface area contributed by atoms with E-state index in [0.29, 0.717) is 11.4 Å². The molecule has 3 aromatic carbocycles. The highest BCUT2D eigenvalue weighted by atomic mass is 32.2. The molecule has 0 saturated heterocycles. The Kier molecular flexibility index (Phi) is 9.59. The molecule has 3 amide bonds. The highest BCUT2D eigenvalue weighted by Gasteiger charge is 2.34. The van der Waals surface area contributed by atoms with Gasteiger partial charge in [-0.15, -0.1) is 0 Å². The van der Waals surface area contributed by atoms with Crippen LogP contribution in [0.3, 0.4) is 0 Å². The normalized spacial score (nSPS) is 17.6. The molecule has 1 aliphatic rings. The minimum Gasteiger partial charge on any atom is -0.497 e. The summed E-state index contributed by atoms with van der Waals surface area (Å²) in [6.07, 6.45) is -0.524. The van der Waals surface area contributed by atoms with Gasteiger partial charge in [-0.1, -0.05) is 25.1 Å². The van der Waals surface area contributed by atoms with E-state index >= 15 is 0 Å². The smallest absolute Gasteiger partial charge is 0.321 e. The number of urea groups is 1. The fraction of sp³-hybridized carbons (Fsp3) is 0.333. The van der Waals surface area contributed by atoms with Crippen molar-refractivity contribution in [2.75, 3.05) is 43.9 Å². The monoisotopic (exact) mass is 596 g/mol. The number of carbonyl (C=O) groups excluding carboxylic acids is 2. The molecule has 3 N–H and O–H groups in total. The quantitative estimate of drug-likeness (QED) is 0.341. The van der Waals surface area contributed by atoms with Gasteiger partial charge in [0.15, 0.2) is 0 Å². The molecule has 3 aromatic rings. The van der Waals surface area contributed by atoms with Crippen LogP contribution in [0, 0.1) is 5.92 Å². The van der Waals surface area contributed by atoms with Crippen LogP contribution < -0.4 is 19.5 Å². The molecular weight excluding hydrogens is 560 g/mol. The Balaban J connectivity index is 1.59. The zero-order valence-corrected chi connectivity index (χ0v) is 24.8. The van der Waals surface area contributed by atoms with Crippen molar-refractivity contribution >= 4 is 33.3 Å². The van der Waals surface area contributed by atoms with E-state index in [9.17, 15) is 23.1 Å². The molecule has 3 atom stereocenters. The Labute approximate surface area is 246 Å². The Hall–Kier alpha value is -4.29. The van der Waals surface area contributed by atoms with Crippen LogP contribution in [0.25, 0.3) is 0 Å². The lowest BCUT2D eigenvalue weighted by atomic mass is 9.99. The summed E-state index contributed by atoms with van der Waals surface area (Å²) in [7, 11) is -0.684. The van der Waals surface area contributed by atoms with Crippen molar-refractivity contribution in [1.82, 2.24) is 9.80 Å². The van der Waals surface area contributed by atoms with E-state index in [2.05, 4.69) is 10.0 Å². The molecular formula is C30H36N4O7S. The number of nitrogens with zero attached hydrogens (tertiary/aromatic N) is 2. The third kappa shape index (κ3) is 7.12. The molecule has 1 aliphatic heterocycles. The third-order valence-corrected chi connectivity index (χ3v) is 8.51. The fourth-order valence-electron chi connectivity index (χ4n) is 4.56. The van der Waals surface area contributed by atoms with Gasteiger partial charge in [-0.25, -0.2) is 13.2 Å². The molecule has 0 bridgehead atoms. The number of methoxy groups -OCH3 is 1. The van der Waals surface area contributed by atoms with E-state index in [4.69, 9.17) is 9.47 Å². The van der Waals surface area contributed by atoms with Crippen LogP contribution in [0.4, 0.5) is 16.2 Å². The van der Waals surface area contributed by atoms with Crippen molar-refractivity contribution in [2.45, 2.75) is 30.9 Å². The van der Waals surface area contributed by atoms with Gasteiger partial charge >= 0.3 is 6.03 Å². The van der Waals surface area contributed by atoms with Gasteiger partial charge in [-0.2, -0.15) is 0 Å². The van der Waals surface area contributed by atoms with Gasteiger partial charge in [-0.05, 0) is 61.5 Å². The Bertz CT molecular complexity index is 1500. The number of likely N-dealkylation sites (N-methyl/N-ethyl adjacent to an activating group) is 1. The van der Waals surface area contributed by atoms with Crippen LogP contribution >= 0.6 is 0 Å². The molecule has 42 heavy (non-hydrogen) atoms. The van der Waals surface area contributed by atoms with Gasteiger partial charge in [0.1, 0.15) is 17.6 Å². The number of amides is 3. The summed E-state index contributed by atoms with van der Waals surface area (Å²) in [4.78, 5) is 29.8. The molecule has 0 fully saturated rings. The molecule has 0 unspecified atom stereocenters. The van der Waals surface area contributed by atoms with Crippen LogP contribution in [0.1, 0.15) is 24.2 Å². The molecule has 0 aromatic heterocycles. The SMILES string of the molecule is COc1ccc(NC(=O)N(C)C[C@@H]2Oc3ccc(NS(=O)(=O)c4ccccc4)cc3C(=O)N([C@H](C)CO)C[C@@H]2C)cc1. The van der Waals surface area contributed by atoms with Gasteiger partial charge in [0.05, 0.1) is 36.8 Å². The number of carbonyl (C=O) groups is 2. The standard InChI is InChI=1S/C30H36N4O7S/c1-20-17-34(21(2)19-35)29(36)26-16-23(32-42(38,39)25-8-6-5-7-9-25)12-15-27(26)41-28(20)18-33(3)30(37)31-22-10-13-24(40-4)14-11-22/h5-16,20-21,28,32,35H,17-19H2,1-4H3,(H,31,37)/t20-,21+,28-/m0/s1. The van der Waals surface area contributed by atoms with Gasteiger partial charge in [0.2, 0.25) is 0 Å². The number of aliphatic hydroxyl groups excluding tert-OH is 1. The van der Waals surface area contributed by atoms with Crippen LogP contribution in [-0.2, 0) is 10.0 Å². The third-order valence-electron chi connectivity index (χ3n) is 7.11. The number of anilines is 2. The average Bonchev–Trinajstić information content (AvgIpc) is 2.99. The number of benzene rings is 3. The first-order chi connectivity index (χ1) is 20.0. The van der Waals surface area contributed by atoms with Crippen LogP contribution in [-0.4, -0.2) is 81.3 Å². The molecule has 4 rings (SSSR count). The minimum absolute atomic E-state index is 0.0830. The first-order valence-corrected chi connectivity index (χ1v) is 15.0. The maximum Gasteiger partial charge on any atom is 0.321 e. The van der Waals surface area contributed by atoms with Crippen LogP contribution in [0.15, 0.2) is 77.7 Å². The highest BCUT2D eigenvalue weighted by Crippen LogP contribution is 2.31. The predicted octanol–water partition coefficient (Wildman–Crippen LogP) is 3.88. The maximum absolute atomic E-state index is 13.7. The summed E-state index contributed by atoms with van der Waals surface area (Å²) < 4.78 is 39.8. The summed E-state index contributed by atoms with van der Waals surface area (Å²) in [6.45, 7) is 3.83. The van der Waals surface area contributed by atoms with E-state index in [1.807, 2.05) is 6.92 Å². The lowest BCUT2D eigenvalue weighted by Crippen LogP contribution is -2.50. The Morgan fingerprint density at radius 3 is 2.43 bits per heavy atom. The zero-order chi connectivity index (χ0) is 30.4. The van der Waals surface area contributed by atoms with Crippen LogP contribution in [0.2, 0.25) is 0 Å². The molecule has 0 saturated carbocycles. The predicted molar refractivity (Wildman–Crippen MR) is 159 cm³/mol. The number of ether oxygens (including phenoxy) is 2. The first kappa shape index (κ1) is 30.7. The average molecular weight is 597 g/mol. The number of fused-ring (bicyclic) bond motifs is 1. The fourth-order valence-corrected chi connectivity index (χ4v) is 5.63. The van der Waals surface area contributed by atoms with Crippen molar-refractivity contribution in [3.8, 4) is 11.5 Å². The van der Waals surface area contributed by atoms with Crippen molar-refractivity contribution in [3.05, 3.63) is 78.4 Å². The summed E-state index contributed by atoms with van der Waals surface area (Å²) in [6, 6.07) is 18.5. The first-order valence-electron chi connectivity index (χ1n) is 13.5. The van der Waals surface area contributed by atoms with E-state index in [1.54, 1.807) is 74.5 Å². The summed E-state index contributed by atoms with van der Waals surface area (Å²) in [5.74, 6) is 0.300. The second-order valence-electron chi connectivity index (χ2n) is 10.3. The Morgan fingerprint density at radius 2 is 1.79 bits per heavy atom. The molecule has 224 valence electrons. The highest BCUT2D eigenvalue weighted by molar-refractivity contribution is 7.92. The van der Waals surface area contributed by atoms with Gasteiger partial charge < -0.3 is 29.7 Å². The number of aliphatic hydroxyl groups is 1. The lowest BCUT2D eigenvalue weighted by molar-refractivity contribution is 0.0371.